The van der Waals surface area contributed by atoms with Crippen molar-refractivity contribution in [1.29, 1.82) is 0 Å². The number of aryl methyl sites for hydroxylation is 1. The highest BCUT2D eigenvalue weighted by Crippen LogP contribution is 2.29. The second-order valence-corrected chi connectivity index (χ2v) is 6.10. The number of ether oxygens (including phenoxy) is 1. The summed E-state index contributed by atoms with van der Waals surface area (Å²) in [4.78, 5) is 0. The first-order valence-electron chi connectivity index (χ1n) is 8.04. The van der Waals surface area contributed by atoms with Crippen LogP contribution in [0.2, 0.25) is 0 Å². The zero-order valence-corrected chi connectivity index (χ0v) is 15.1. The van der Waals surface area contributed by atoms with Crippen molar-refractivity contribution in [2.45, 2.75) is 6.92 Å². The van der Waals surface area contributed by atoms with E-state index in [0.717, 1.165) is 33.8 Å². The van der Waals surface area contributed by atoms with Crippen LogP contribution in [0.5, 0.6) is 5.75 Å². The molecule has 0 fully saturated rings. The van der Waals surface area contributed by atoms with Crippen LogP contribution in [0, 0.1) is 6.92 Å². The molecule has 0 heterocycles. The number of methoxy groups -OCH3 is 1. The van der Waals surface area contributed by atoms with Gasteiger partial charge in [0, 0.05) is 11.3 Å². The zero-order chi connectivity index (χ0) is 17.6. The SMILES string of the molecule is COc1ccc(C)cc1NC(=S)Nc1ccccc1-c1ccccc1. The van der Waals surface area contributed by atoms with E-state index >= 15 is 0 Å². The average molecular weight is 348 g/mol. The van der Waals surface area contributed by atoms with Gasteiger partial charge in [-0.3, -0.25) is 0 Å². The summed E-state index contributed by atoms with van der Waals surface area (Å²) < 4.78 is 5.39. The van der Waals surface area contributed by atoms with Gasteiger partial charge in [0.25, 0.3) is 0 Å². The molecule has 3 aromatic carbocycles. The van der Waals surface area contributed by atoms with E-state index in [1.54, 1.807) is 7.11 Å². The van der Waals surface area contributed by atoms with Crippen molar-refractivity contribution >= 4 is 28.7 Å². The highest BCUT2D eigenvalue weighted by Gasteiger charge is 2.08. The van der Waals surface area contributed by atoms with Crippen LogP contribution in [0.15, 0.2) is 72.8 Å². The van der Waals surface area contributed by atoms with Gasteiger partial charge in [-0.15, -0.1) is 0 Å². The molecule has 25 heavy (non-hydrogen) atoms. The summed E-state index contributed by atoms with van der Waals surface area (Å²) in [6.45, 7) is 2.03. The number of hydrogen-bond acceptors (Lipinski definition) is 2. The Morgan fingerprint density at radius 3 is 2.28 bits per heavy atom. The van der Waals surface area contributed by atoms with Gasteiger partial charge < -0.3 is 15.4 Å². The number of hydrogen-bond donors (Lipinski definition) is 2. The molecule has 3 aromatic rings. The smallest absolute Gasteiger partial charge is 0.175 e. The minimum Gasteiger partial charge on any atom is -0.495 e. The summed E-state index contributed by atoms with van der Waals surface area (Å²) >= 11 is 5.50. The third-order valence-electron chi connectivity index (χ3n) is 3.86. The highest BCUT2D eigenvalue weighted by atomic mass is 32.1. The predicted molar refractivity (Wildman–Crippen MR) is 109 cm³/mol. The van der Waals surface area contributed by atoms with E-state index in [9.17, 15) is 0 Å². The third-order valence-corrected chi connectivity index (χ3v) is 4.07. The van der Waals surface area contributed by atoms with Crippen LogP contribution in [0.25, 0.3) is 11.1 Å². The van der Waals surface area contributed by atoms with Gasteiger partial charge in [-0.05, 0) is 48.5 Å². The van der Waals surface area contributed by atoms with Gasteiger partial charge >= 0.3 is 0 Å². The molecule has 0 saturated carbocycles. The summed E-state index contributed by atoms with van der Waals surface area (Å²) in [5, 5.41) is 7.04. The number of thiocarbonyl (C=S) groups is 1. The molecule has 0 radical (unpaired) electrons. The molecule has 0 bridgehead atoms. The number of anilines is 2. The summed E-state index contributed by atoms with van der Waals surface area (Å²) in [5.74, 6) is 0.756. The van der Waals surface area contributed by atoms with Gasteiger partial charge in [0.2, 0.25) is 0 Å². The molecule has 0 aliphatic heterocycles. The topological polar surface area (TPSA) is 33.3 Å². The van der Waals surface area contributed by atoms with Gasteiger partial charge in [0.05, 0.1) is 12.8 Å². The van der Waals surface area contributed by atoms with Gasteiger partial charge in [-0.2, -0.15) is 0 Å². The Labute approximate surface area is 153 Å². The fourth-order valence-electron chi connectivity index (χ4n) is 2.66. The van der Waals surface area contributed by atoms with Crippen LogP contribution in [0.4, 0.5) is 11.4 Å². The van der Waals surface area contributed by atoms with E-state index in [0.29, 0.717) is 5.11 Å². The second kappa shape index (κ2) is 7.81. The van der Waals surface area contributed by atoms with Crippen LogP contribution in [0.3, 0.4) is 0 Å². The lowest BCUT2D eigenvalue weighted by atomic mass is 10.0. The summed E-state index contributed by atoms with van der Waals surface area (Å²) in [6.07, 6.45) is 0. The molecule has 0 aromatic heterocycles. The number of benzene rings is 3. The van der Waals surface area contributed by atoms with Crippen molar-refractivity contribution in [3.8, 4) is 16.9 Å². The molecule has 0 aliphatic carbocycles. The Kier molecular flexibility index (Phi) is 5.31. The average Bonchev–Trinajstić information content (AvgIpc) is 2.63. The van der Waals surface area contributed by atoms with Gasteiger partial charge in [-0.25, -0.2) is 0 Å². The van der Waals surface area contributed by atoms with Crippen LogP contribution in [-0.2, 0) is 0 Å². The Morgan fingerprint density at radius 1 is 0.840 bits per heavy atom. The largest absolute Gasteiger partial charge is 0.495 e. The third kappa shape index (κ3) is 4.17. The van der Waals surface area contributed by atoms with Gasteiger partial charge in [0.1, 0.15) is 5.75 Å². The maximum absolute atomic E-state index is 5.50. The first-order chi connectivity index (χ1) is 12.2. The fraction of sp³-hybridized carbons (Fsp3) is 0.0952. The molecular formula is C21H20N2OS. The Morgan fingerprint density at radius 2 is 1.52 bits per heavy atom. The van der Waals surface area contributed by atoms with E-state index in [4.69, 9.17) is 17.0 Å². The highest BCUT2D eigenvalue weighted by molar-refractivity contribution is 7.80. The molecule has 3 rings (SSSR count). The molecule has 3 nitrogen and oxygen atoms in total. The number of rotatable bonds is 4. The standard InChI is InChI=1S/C21H20N2OS/c1-15-12-13-20(24-2)19(14-15)23-21(25)22-18-11-7-6-10-17(18)16-8-4-3-5-9-16/h3-14H,1-2H3,(H2,22,23,25). The van der Waals surface area contributed by atoms with Gasteiger partial charge in [-0.1, -0.05) is 54.6 Å². The van der Waals surface area contributed by atoms with Gasteiger partial charge in [0.15, 0.2) is 5.11 Å². The van der Waals surface area contributed by atoms with E-state index in [1.165, 1.54) is 0 Å². The first-order valence-corrected chi connectivity index (χ1v) is 8.45. The van der Waals surface area contributed by atoms with E-state index in [1.807, 2.05) is 61.5 Å². The molecule has 0 saturated heterocycles. The first kappa shape index (κ1) is 17.0. The molecule has 4 heteroatoms. The molecule has 0 spiro atoms. The van der Waals surface area contributed by atoms with Crippen molar-refractivity contribution < 1.29 is 4.74 Å². The molecule has 0 amide bonds. The minimum absolute atomic E-state index is 0.521. The fourth-order valence-corrected chi connectivity index (χ4v) is 2.88. The molecule has 0 aliphatic rings. The molecule has 126 valence electrons. The van der Waals surface area contributed by atoms with Crippen molar-refractivity contribution in [3.63, 3.8) is 0 Å². The van der Waals surface area contributed by atoms with Crippen molar-refractivity contribution in [2.24, 2.45) is 0 Å². The molecule has 2 N–H and O–H groups in total. The summed E-state index contributed by atoms with van der Waals surface area (Å²) in [6, 6.07) is 24.3. The van der Waals surface area contributed by atoms with E-state index < -0.39 is 0 Å². The normalized spacial score (nSPS) is 10.2. The van der Waals surface area contributed by atoms with Crippen molar-refractivity contribution in [1.82, 2.24) is 0 Å². The second-order valence-electron chi connectivity index (χ2n) is 5.69. The van der Waals surface area contributed by atoms with Crippen LogP contribution in [0.1, 0.15) is 5.56 Å². The van der Waals surface area contributed by atoms with Crippen LogP contribution < -0.4 is 15.4 Å². The predicted octanol–water partition coefficient (Wildman–Crippen LogP) is 5.48. The molecular weight excluding hydrogens is 328 g/mol. The van der Waals surface area contributed by atoms with Crippen LogP contribution in [-0.4, -0.2) is 12.2 Å². The number of para-hydroxylation sites is 1. The Balaban J connectivity index is 1.82. The molecule has 0 atom stereocenters. The minimum atomic E-state index is 0.521. The van der Waals surface area contributed by atoms with Crippen LogP contribution >= 0.6 is 12.2 Å². The number of nitrogens with one attached hydrogen (secondary N) is 2. The lowest BCUT2D eigenvalue weighted by Crippen LogP contribution is -2.20. The molecule has 0 unspecified atom stereocenters. The summed E-state index contributed by atoms with van der Waals surface area (Å²) in [5.41, 5.74) is 5.18. The lowest BCUT2D eigenvalue weighted by molar-refractivity contribution is 0.417. The van der Waals surface area contributed by atoms with Crippen molar-refractivity contribution in [3.05, 3.63) is 78.4 Å². The Hall–Kier alpha value is -2.85. The van der Waals surface area contributed by atoms with Crippen molar-refractivity contribution in [2.75, 3.05) is 17.7 Å². The maximum Gasteiger partial charge on any atom is 0.175 e. The van der Waals surface area contributed by atoms with E-state index in [2.05, 4.69) is 28.8 Å². The summed E-state index contributed by atoms with van der Waals surface area (Å²) in [7, 11) is 1.65. The maximum atomic E-state index is 5.50. The monoisotopic (exact) mass is 348 g/mol. The van der Waals surface area contributed by atoms with E-state index in [-0.39, 0.29) is 0 Å². The lowest BCUT2D eigenvalue weighted by Gasteiger charge is -2.16. The zero-order valence-electron chi connectivity index (χ0n) is 14.2. The Bertz CT molecular complexity index is 878. The quantitative estimate of drug-likeness (QED) is 0.612.